The summed E-state index contributed by atoms with van der Waals surface area (Å²) in [6.45, 7) is 0. The molecule has 2 atom stereocenters. The van der Waals surface area contributed by atoms with Gasteiger partial charge in [0.25, 0.3) is 0 Å². The predicted molar refractivity (Wildman–Crippen MR) is 224 cm³/mol. The van der Waals surface area contributed by atoms with Gasteiger partial charge in [0, 0.05) is 27.6 Å². The highest BCUT2D eigenvalue weighted by Gasteiger charge is 2.28. The van der Waals surface area contributed by atoms with Crippen molar-refractivity contribution in [3.63, 3.8) is 0 Å². The van der Waals surface area contributed by atoms with Crippen LogP contribution in [0, 0.1) is 5.92 Å². The molecule has 252 valence electrons. The molecule has 53 heavy (non-hydrogen) atoms. The Hall–Kier alpha value is -6.23. The topological polar surface area (TPSA) is 37.8 Å². The summed E-state index contributed by atoms with van der Waals surface area (Å²) in [6, 6.07) is 58.4. The number of benzene rings is 7. The zero-order valence-electron chi connectivity index (χ0n) is 29.0. The Morgan fingerprint density at radius 1 is 0.509 bits per heavy atom. The Kier molecular flexibility index (Phi) is 7.96. The lowest BCUT2D eigenvalue weighted by molar-refractivity contribution is 0.663. The van der Waals surface area contributed by atoms with Crippen LogP contribution in [0.15, 0.2) is 187 Å². The van der Waals surface area contributed by atoms with Gasteiger partial charge >= 0.3 is 0 Å². The monoisotopic (exact) mass is 697 g/mol. The van der Waals surface area contributed by atoms with Gasteiger partial charge in [-0.1, -0.05) is 170 Å². The van der Waals surface area contributed by atoms with Crippen molar-refractivity contribution in [2.45, 2.75) is 16.7 Å². The van der Waals surface area contributed by atoms with Crippen LogP contribution in [0.3, 0.4) is 0 Å². The molecule has 0 amide bonds. The van der Waals surface area contributed by atoms with Gasteiger partial charge in [-0.3, -0.25) is 0 Å². The van der Waals surface area contributed by atoms with Crippen LogP contribution in [0.2, 0.25) is 0 Å². The van der Waals surface area contributed by atoms with Crippen LogP contribution in [0.25, 0.3) is 72.0 Å². The molecule has 0 radical (unpaired) electrons. The van der Waals surface area contributed by atoms with Crippen molar-refractivity contribution in [3.8, 4) is 44.9 Å². The summed E-state index contributed by atoms with van der Waals surface area (Å²) in [5.41, 5.74) is 11.0. The molecule has 1 aliphatic heterocycles. The summed E-state index contributed by atoms with van der Waals surface area (Å²) in [4.78, 5) is 11.7. The molecule has 3 nitrogen and oxygen atoms in total. The number of para-hydroxylation sites is 1. The van der Waals surface area contributed by atoms with E-state index in [-0.39, 0.29) is 0 Å². The van der Waals surface area contributed by atoms with Crippen LogP contribution in [-0.4, -0.2) is 15.3 Å². The summed E-state index contributed by atoms with van der Waals surface area (Å²) in [5, 5.41) is 9.11. The Balaban J connectivity index is 0.986. The van der Waals surface area contributed by atoms with E-state index in [0.717, 1.165) is 40.3 Å². The zero-order chi connectivity index (χ0) is 35.1. The van der Waals surface area contributed by atoms with Crippen LogP contribution < -0.4 is 5.32 Å². The van der Waals surface area contributed by atoms with E-state index in [2.05, 4.69) is 181 Å². The molecule has 1 N–H and O–H groups in total. The number of thioether (sulfide) groups is 1. The van der Waals surface area contributed by atoms with E-state index >= 15 is 0 Å². The van der Waals surface area contributed by atoms with E-state index in [1.807, 2.05) is 17.8 Å². The maximum Gasteiger partial charge on any atom is 0.160 e. The van der Waals surface area contributed by atoms with E-state index in [0.29, 0.717) is 11.3 Å². The van der Waals surface area contributed by atoms with Gasteiger partial charge in [-0.25, -0.2) is 9.97 Å². The fraction of sp³-hybridized carbons (Fsp3) is 0.0612. The summed E-state index contributed by atoms with van der Waals surface area (Å²) in [7, 11) is 0. The van der Waals surface area contributed by atoms with E-state index in [9.17, 15) is 0 Å². The molecule has 8 aromatic rings. The summed E-state index contributed by atoms with van der Waals surface area (Å²) in [6.07, 6.45) is 7.89. The molecule has 0 bridgehead atoms. The smallest absolute Gasteiger partial charge is 0.160 e. The van der Waals surface area contributed by atoms with Crippen molar-refractivity contribution in [1.29, 1.82) is 0 Å². The van der Waals surface area contributed by atoms with Crippen LogP contribution >= 0.6 is 11.8 Å². The van der Waals surface area contributed by atoms with Crippen LogP contribution in [-0.2, 0) is 0 Å². The molecule has 1 aromatic heterocycles. The minimum Gasteiger partial charge on any atom is -0.372 e. The number of aromatic nitrogens is 2. The molecule has 0 saturated heterocycles. The lowest BCUT2D eigenvalue weighted by Gasteiger charge is -2.22. The van der Waals surface area contributed by atoms with E-state index in [4.69, 9.17) is 9.97 Å². The SMILES string of the molecule is C1=CC(C2Nc3ccccc3S2)CC=C1c1cc(-c2ccc(-c3ccc4ccc5ccccc5c4c3)cc2)nc(-c2ccc(-c3ccccc3)cc2)n1. The number of hydrogen-bond acceptors (Lipinski definition) is 4. The molecule has 10 rings (SSSR count). The number of hydrogen-bond donors (Lipinski definition) is 1. The third-order valence-corrected chi connectivity index (χ3v) is 11.8. The lowest BCUT2D eigenvalue weighted by atomic mass is 9.94. The van der Waals surface area contributed by atoms with Gasteiger partial charge in [0.2, 0.25) is 0 Å². The van der Waals surface area contributed by atoms with Gasteiger partial charge in [0.1, 0.15) is 0 Å². The van der Waals surface area contributed by atoms with Crippen molar-refractivity contribution in [2.75, 3.05) is 5.32 Å². The van der Waals surface area contributed by atoms with Crippen LogP contribution in [0.4, 0.5) is 5.69 Å². The fourth-order valence-electron chi connectivity index (χ4n) is 7.58. The Bertz CT molecular complexity index is 2670. The lowest BCUT2D eigenvalue weighted by Crippen LogP contribution is -2.21. The molecule has 2 unspecified atom stereocenters. The number of allylic oxidation sites excluding steroid dienone is 3. The van der Waals surface area contributed by atoms with Crippen molar-refractivity contribution in [1.82, 2.24) is 9.97 Å². The molecule has 0 saturated carbocycles. The minimum atomic E-state index is 0.320. The summed E-state index contributed by atoms with van der Waals surface area (Å²) in [5.74, 6) is 1.12. The van der Waals surface area contributed by atoms with Gasteiger partial charge in [0.05, 0.1) is 16.8 Å². The molecule has 2 aliphatic rings. The minimum absolute atomic E-state index is 0.320. The predicted octanol–water partition coefficient (Wildman–Crippen LogP) is 13.0. The van der Waals surface area contributed by atoms with E-state index in [1.54, 1.807) is 0 Å². The number of fused-ring (bicyclic) bond motifs is 4. The van der Waals surface area contributed by atoms with Gasteiger partial charge in [0.15, 0.2) is 5.82 Å². The normalized spacial score (nSPS) is 16.3. The molecular weight excluding hydrogens is 663 g/mol. The quantitative estimate of drug-likeness (QED) is 0.176. The van der Waals surface area contributed by atoms with Crippen LogP contribution in [0.1, 0.15) is 12.1 Å². The van der Waals surface area contributed by atoms with Gasteiger partial charge in [-0.15, -0.1) is 0 Å². The third-order valence-electron chi connectivity index (χ3n) is 10.5. The first-order chi connectivity index (χ1) is 26.2. The second-order valence-corrected chi connectivity index (χ2v) is 15.0. The van der Waals surface area contributed by atoms with E-state index < -0.39 is 0 Å². The van der Waals surface area contributed by atoms with Crippen molar-refractivity contribution in [3.05, 3.63) is 188 Å². The Labute approximate surface area is 313 Å². The molecule has 2 heterocycles. The average molecular weight is 698 g/mol. The molecule has 1 aliphatic carbocycles. The Morgan fingerprint density at radius 2 is 1.13 bits per heavy atom. The Morgan fingerprint density at radius 3 is 1.92 bits per heavy atom. The first kappa shape index (κ1) is 31.5. The maximum atomic E-state index is 5.18. The molecule has 0 fully saturated rings. The number of anilines is 1. The highest BCUT2D eigenvalue weighted by atomic mass is 32.2. The summed E-state index contributed by atoms with van der Waals surface area (Å²) >= 11 is 1.92. The number of rotatable bonds is 6. The van der Waals surface area contributed by atoms with Crippen molar-refractivity contribution < 1.29 is 0 Å². The number of nitrogens with one attached hydrogen (secondary N) is 1. The summed E-state index contributed by atoms with van der Waals surface area (Å²) < 4.78 is 0. The first-order valence-electron chi connectivity index (χ1n) is 18.2. The van der Waals surface area contributed by atoms with Crippen molar-refractivity contribution >= 4 is 44.6 Å². The molecule has 7 aromatic carbocycles. The molecule has 0 spiro atoms. The maximum absolute atomic E-state index is 5.18. The second-order valence-electron chi connectivity index (χ2n) is 13.8. The largest absolute Gasteiger partial charge is 0.372 e. The number of nitrogens with zero attached hydrogens (tertiary/aromatic N) is 2. The van der Waals surface area contributed by atoms with Gasteiger partial charge < -0.3 is 5.32 Å². The average Bonchev–Trinajstić information content (AvgIpc) is 3.68. The van der Waals surface area contributed by atoms with Crippen LogP contribution in [0.5, 0.6) is 0 Å². The molecular formula is C49H35N3S. The van der Waals surface area contributed by atoms with Crippen molar-refractivity contribution in [2.24, 2.45) is 5.92 Å². The fourth-order valence-corrected chi connectivity index (χ4v) is 8.83. The first-order valence-corrected chi connectivity index (χ1v) is 19.1. The second kappa shape index (κ2) is 13.4. The van der Waals surface area contributed by atoms with Gasteiger partial charge in [-0.05, 0) is 80.1 Å². The molecule has 4 heteroatoms. The third kappa shape index (κ3) is 6.11. The highest BCUT2D eigenvalue weighted by molar-refractivity contribution is 8.00. The van der Waals surface area contributed by atoms with E-state index in [1.165, 1.54) is 54.4 Å². The zero-order valence-corrected chi connectivity index (χ0v) is 29.8. The highest BCUT2D eigenvalue weighted by Crippen LogP contribution is 2.43. The standard InChI is InChI=1S/C49H35N3S/c1-2-8-32(9-3-1)33-16-25-39(26-17-33)48-50-45(31-46(51-48)38-23-27-40(28-24-38)49-52-44-12-6-7-13-47(44)53-49)37-21-14-34(15-22-37)41-29-20-36-19-18-35-10-4-5-11-42(35)43(36)30-41/h1-27,29-31,40,49,52H,28H2. The van der Waals surface area contributed by atoms with Gasteiger partial charge in [-0.2, -0.15) is 0 Å².